The molecular weight excluding hydrogens is 376 g/mol. The third-order valence-corrected chi connectivity index (χ3v) is 5.54. The molecule has 0 bridgehead atoms. The highest BCUT2D eigenvalue weighted by Gasteiger charge is 2.43. The van der Waals surface area contributed by atoms with Gasteiger partial charge < -0.3 is 19.3 Å². The van der Waals surface area contributed by atoms with Crippen LogP contribution in [0.1, 0.15) is 23.1 Å². The zero-order valence-corrected chi connectivity index (χ0v) is 17.0. The molecule has 0 radical (unpaired) electrons. The zero-order valence-electron chi connectivity index (χ0n) is 17.0. The van der Waals surface area contributed by atoms with E-state index in [1.807, 2.05) is 78.9 Å². The largest absolute Gasteiger partial charge is 0.388 e. The Labute approximate surface area is 178 Å². The van der Waals surface area contributed by atoms with Gasteiger partial charge in [0.1, 0.15) is 11.7 Å². The summed E-state index contributed by atoms with van der Waals surface area (Å²) in [5.74, 6) is 0. The number of hydrogen-bond acceptors (Lipinski definition) is 4. The maximum absolute atomic E-state index is 10.5. The van der Waals surface area contributed by atoms with Crippen LogP contribution in [0.5, 0.6) is 0 Å². The van der Waals surface area contributed by atoms with Crippen molar-refractivity contribution in [2.45, 2.75) is 37.4 Å². The van der Waals surface area contributed by atoms with E-state index >= 15 is 0 Å². The topological polar surface area (TPSA) is 47.9 Å². The van der Waals surface area contributed by atoms with Crippen LogP contribution in [0.15, 0.2) is 91.0 Å². The van der Waals surface area contributed by atoms with Crippen LogP contribution in [-0.4, -0.2) is 30.5 Å². The van der Waals surface area contributed by atoms with Crippen molar-refractivity contribution in [3.8, 4) is 0 Å². The summed E-state index contributed by atoms with van der Waals surface area (Å²) >= 11 is 0. The highest BCUT2D eigenvalue weighted by molar-refractivity contribution is 5.24. The van der Waals surface area contributed by atoms with Gasteiger partial charge in [0.05, 0.1) is 32.5 Å². The lowest BCUT2D eigenvalue weighted by Crippen LogP contribution is -2.50. The molecule has 0 saturated carbocycles. The van der Waals surface area contributed by atoms with Crippen molar-refractivity contribution in [3.05, 3.63) is 108 Å². The molecule has 0 amide bonds. The summed E-state index contributed by atoms with van der Waals surface area (Å²) in [6.45, 7) is 1.57. The molecule has 3 aromatic rings. The van der Waals surface area contributed by atoms with Gasteiger partial charge in [-0.05, 0) is 16.7 Å². The molecule has 0 spiro atoms. The molecule has 1 saturated heterocycles. The van der Waals surface area contributed by atoms with E-state index < -0.39 is 11.7 Å². The van der Waals surface area contributed by atoms with E-state index in [4.69, 9.17) is 14.2 Å². The summed E-state index contributed by atoms with van der Waals surface area (Å²) in [5.41, 5.74) is 2.59. The van der Waals surface area contributed by atoms with Crippen LogP contribution in [0.25, 0.3) is 0 Å². The molecule has 1 N–H and O–H groups in total. The van der Waals surface area contributed by atoms with E-state index in [0.29, 0.717) is 26.2 Å². The highest BCUT2D eigenvalue weighted by Crippen LogP contribution is 2.37. The van der Waals surface area contributed by atoms with Gasteiger partial charge in [0.2, 0.25) is 0 Å². The van der Waals surface area contributed by atoms with E-state index in [-0.39, 0.29) is 12.7 Å². The minimum Gasteiger partial charge on any atom is -0.388 e. The molecular formula is C26H28O4. The Morgan fingerprint density at radius 1 is 0.800 bits per heavy atom. The van der Waals surface area contributed by atoms with Crippen molar-refractivity contribution in [2.24, 2.45) is 0 Å². The Bertz CT molecular complexity index is 885. The first-order chi connectivity index (χ1) is 14.8. The number of ether oxygens (including phenoxy) is 3. The molecule has 1 aliphatic rings. The molecule has 156 valence electrons. The van der Waals surface area contributed by atoms with E-state index in [1.165, 1.54) is 0 Å². The fourth-order valence-electron chi connectivity index (χ4n) is 3.85. The number of benzene rings is 3. The first kappa shape index (κ1) is 20.8. The Hall–Kier alpha value is -2.50. The van der Waals surface area contributed by atoms with E-state index in [0.717, 1.165) is 16.7 Å². The molecule has 3 aromatic carbocycles. The molecule has 30 heavy (non-hydrogen) atoms. The molecule has 0 aliphatic carbocycles. The Balaban J connectivity index is 1.48. The predicted octanol–water partition coefficient (Wildman–Crippen LogP) is 4.47. The average Bonchev–Trinajstić information content (AvgIpc) is 2.81. The van der Waals surface area contributed by atoms with E-state index in [9.17, 15) is 5.11 Å². The molecule has 4 nitrogen and oxygen atoms in total. The average molecular weight is 405 g/mol. The van der Waals surface area contributed by atoms with Crippen LogP contribution >= 0.6 is 0 Å². The summed E-state index contributed by atoms with van der Waals surface area (Å²) < 4.78 is 18.5. The fraction of sp³-hybridized carbons (Fsp3) is 0.308. The lowest BCUT2D eigenvalue weighted by molar-refractivity contribution is -0.212. The minimum absolute atomic E-state index is 0.211. The smallest absolute Gasteiger partial charge is 0.119 e. The second-order valence-corrected chi connectivity index (χ2v) is 7.76. The van der Waals surface area contributed by atoms with Crippen molar-refractivity contribution >= 4 is 0 Å². The van der Waals surface area contributed by atoms with Gasteiger partial charge in [-0.15, -0.1) is 0 Å². The van der Waals surface area contributed by atoms with Gasteiger partial charge in [-0.25, -0.2) is 0 Å². The van der Waals surface area contributed by atoms with Crippen molar-refractivity contribution in [1.82, 2.24) is 0 Å². The second kappa shape index (κ2) is 10.0. The van der Waals surface area contributed by atoms with Crippen LogP contribution in [0.3, 0.4) is 0 Å². The van der Waals surface area contributed by atoms with Crippen LogP contribution in [0.4, 0.5) is 0 Å². The zero-order chi connectivity index (χ0) is 20.7. The summed E-state index contributed by atoms with van der Waals surface area (Å²) in [5, 5.41) is 10.5. The lowest BCUT2D eigenvalue weighted by atomic mass is 9.84. The van der Waals surface area contributed by atoms with Crippen LogP contribution < -0.4 is 0 Å². The molecule has 1 aliphatic heterocycles. The maximum Gasteiger partial charge on any atom is 0.119 e. The summed E-state index contributed by atoms with van der Waals surface area (Å²) in [6, 6.07) is 30.2. The number of hydrogen-bond donors (Lipinski definition) is 1. The van der Waals surface area contributed by atoms with E-state index in [2.05, 4.69) is 12.1 Å². The molecule has 4 rings (SSSR count). The van der Waals surface area contributed by atoms with Crippen LogP contribution in [-0.2, 0) is 33.0 Å². The Morgan fingerprint density at radius 3 is 2.00 bits per heavy atom. The van der Waals surface area contributed by atoms with Crippen LogP contribution in [0.2, 0.25) is 0 Å². The normalized spacial score (nSPS) is 23.9. The number of aliphatic hydroxyl groups excluding tert-OH is 1. The highest BCUT2D eigenvalue weighted by atomic mass is 16.6. The van der Waals surface area contributed by atoms with Crippen molar-refractivity contribution in [2.75, 3.05) is 13.2 Å². The third-order valence-electron chi connectivity index (χ3n) is 5.54. The summed E-state index contributed by atoms with van der Waals surface area (Å²) in [6.07, 6.45) is -0.473. The molecule has 1 heterocycles. The monoisotopic (exact) mass is 404 g/mol. The van der Waals surface area contributed by atoms with Gasteiger partial charge >= 0.3 is 0 Å². The van der Waals surface area contributed by atoms with Crippen LogP contribution in [0, 0.1) is 0 Å². The third kappa shape index (κ3) is 5.15. The first-order valence-corrected chi connectivity index (χ1v) is 10.4. The second-order valence-electron chi connectivity index (χ2n) is 7.76. The summed E-state index contributed by atoms with van der Waals surface area (Å²) in [4.78, 5) is 0. The Morgan fingerprint density at radius 2 is 1.37 bits per heavy atom. The lowest BCUT2D eigenvalue weighted by Gasteiger charge is -2.43. The van der Waals surface area contributed by atoms with Gasteiger partial charge in [-0.3, -0.25) is 0 Å². The number of aliphatic hydroxyl groups is 1. The van der Waals surface area contributed by atoms with Gasteiger partial charge in [-0.1, -0.05) is 91.0 Å². The van der Waals surface area contributed by atoms with Crippen molar-refractivity contribution < 1.29 is 19.3 Å². The minimum atomic E-state index is -0.667. The predicted molar refractivity (Wildman–Crippen MR) is 116 cm³/mol. The van der Waals surface area contributed by atoms with Gasteiger partial charge in [-0.2, -0.15) is 0 Å². The number of rotatable bonds is 8. The van der Waals surface area contributed by atoms with Gasteiger partial charge in [0, 0.05) is 6.42 Å². The fourth-order valence-corrected chi connectivity index (χ4v) is 3.85. The first-order valence-electron chi connectivity index (χ1n) is 10.4. The maximum atomic E-state index is 10.5. The molecule has 3 atom stereocenters. The van der Waals surface area contributed by atoms with Crippen molar-refractivity contribution in [1.29, 1.82) is 0 Å². The summed E-state index contributed by atoms with van der Waals surface area (Å²) in [7, 11) is 0. The molecule has 1 fully saturated rings. The Kier molecular flexibility index (Phi) is 6.92. The standard InChI is InChI=1S/C26H28O4/c27-24-19-30-26(23-14-8-3-9-15-23,20-28-17-21-10-4-1-5-11-21)16-25(24)29-18-22-12-6-2-7-13-22/h1-15,24-25,27H,16-20H2/t24-,25-,26+/m0/s1. The van der Waals surface area contributed by atoms with Crippen molar-refractivity contribution in [3.63, 3.8) is 0 Å². The van der Waals surface area contributed by atoms with Gasteiger partial charge in [0.15, 0.2) is 0 Å². The molecule has 4 heteroatoms. The quantitative estimate of drug-likeness (QED) is 0.602. The SMILES string of the molecule is O[C@H]1CO[C@](COCc2ccccc2)(c2ccccc2)C[C@@H]1OCc1ccccc1. The molecule has 0 aromatic heterocycles. The van der Waals surface area contributed by atoms with E-state index in [1.54, 1.807) is 0 Å². The molecule has 0 unspecified atom stereocenters. The van der Waals surface area contributed by atoms with Gasteiger partial charge in [0.25, 0.3) is 0 Å².